The van der Waals surface area contributed by atoms with Gasteiger partial charge < -0.3 is 10.2 Å². The molecule has 1 aromatic rings. The van der Waals surface area contributed by atoms with Gasteiger partial charge in [-0.15, -0.1) is 0 Å². The van der Waals surface area contributed by atoms with E-state index in [1.165, 1.54) is 0 Å². The van der Waals surface area contributed by atoms with Crippen LogP contribution in [0.1, 0.15) is 44.3 Å². The van der Waals surface area contributed by atoms with Crippen molar-refractivity contribution in [2.24, 2.45) is 11.3 Å². The van der Waals surface area contributed by atoms with Gasteiger partial charge in [-0.05, 0) is 37.2 Å². The molecule has 0 bridgehead atoms. The molecule has 98 valence electrons. The van der Waals surface area contributed by atoms with Crippen LogP contribution in [0.3, 0.4) is 0 Å². The van der Waals surface area contributed by atoms with Crippen LogP contribution in [0.25, 0.3) is 0 Å². The monoisotopic (exact) mass is 248 g/mol. The number of aliphatic hydroxyl groups excluding tert-OH is 1. The normalized spacial score (nSPS) is 29.1. The fraction of sp³-hybridized carbons (Fsp3) is 0.533. The molecule has 0 spiro atoms. The molecule has 2 N–H and O–H groups in total. The van der Waals surface area contributed by atoms with Gasteiger partial charge in [0.2, 0.25) is 0 Å². The van der Waals surface area contributed by atoms with E-state index in [1.54, 1.807) is 0 Å². The quantitative estimate of drug-likeness (QED) is 0.861. The third-order valence-electron chi connectivity index (χ3n) is 4.08. The highest BCUT2D eigenvalue weighted by atomic mass is 16.4. The van der Waals surface area contributed by atoms with Crippen LogP contribution in [-0.2, 0) is 4.79 Å². The Morgan fingerprint density at radius 2 is 2.11 bits per heavy atom. The lowest BCUT2D eigenvalue weighted by Crippen LogP contribution is -2.30. The zero-order valence-corrected chi connectivity index (χ0v) is 10.7. The van der Waals surface area contributed by atoms with Gasteiger partial charge in [-0.25, -0.2) is 0 Å². The first-order valence-corrected chi connectivity index (χ1v) is 6.50. The van der Waals surface area contributed by atoms with E-state index in [4.69, 9.17) is 0 Å². The van der Waals surface area contributed by atoms with Crippen molar-refractivity contribution in [2.75, 3.05) is 0 Å². The molecule has 1 fully saturated rings. The molecule has 1 aliphatic rings. The lowest BCUT2D eigenvalue weighted by molar-refractivity contribution is -0.151. The summed E-state index contributed by atoms with van der Waals surface area (Å²) in [5.41, 5.74) is 0.0620. The Hall–Kier alpha value is -1.35. The molecule has 0 saturated heterocycles. The Balaban J connectivity index is 2.13. The van der Waals surface area contributed by atoms with E-state index in [0.717, 1.165) is 12.0 Å². The first kappa shape index (κ1) is 13.1. The molecule has 3 heteroatoms. The number of rotatable bonds is 4. The van der Waals surface area contributed by atoms with Crippen molar-refractivity contribution < 1.29 is 15.0 Å². The number of carbonyl (C=O) groups is 1. The van der Waals surface area contributed by atoms with Crippen LogP contribution in [-0.4, -0.2) is 16.2 Å². The average molecular weight is 248 g/mol. The van der Waals surface area contributed by atoms with Crippen molar-refractivity contribution >= 4 is 5.97 Å². The fourth-order valence-electron chi connectivity index (χ4n) is 3.02. The highest BCUT2D eigenvalue weighted by Gasteiger charge is 2.45. The molecular weight excluding hydrogens is 228 g/mol. The van der Waals surface area contributed by atoms with Gasteiger partial charge in [-0.1, -0.05) is 37.3 Å². The highest BCUT2D eigenvalue weighted by Crippen LogP contribution is 2.47. The molecule has 0 radical (unpaired) electrons. The minimum Gasteiger partial charge on any atom is -0.481 e. The molecule has 0 amide bonds. The molecule has 0 aromatic heterocycles. The SMILES string of the molecule is CC1CCC(CC(O)c2ccccc2)(C(=O)O)C1. The first-order chi connectivity index (χ1) is 8.53. The first-order valence-electron chi connectivity index (χ1n) is 6.50. The molecule has 3 nitrogen and oxygen atoms in total. The number of aliphatic carboxylic acids is 1. The summed E-state index contributed by atoms with van der Waals surface area (Å²) in [5.74, 6) is -0.328. The number of hydrogen-bond donors (Lipinski definition) is 2. The number of carboxylic acids is 1. The summed E-state index contributed by atoms with van der Waals surface area (Å²) in [7, 11) is 0. The van der Waals surface area contributed by atoms with Crippen molar-refractivity contribution in [1.82, 2.24) is 0 Å². The maximum atomic E-state index is 11.5. The largest absolute Gasteiger partial charge is 0.481 e. The molecule has 0 aliphatic heterocycles. The van der Waals surface area contributed by atoms with E-state index in [-0.39, 0.29) is 0 Å². The third kappa shape index (κ3) is 2.56. The second kappa shape index (κ2) is 5.11. The van der Waals surface area contributed by atoms with Crippen LogP contribution in [0, 0.1) is 11.3 Å². The fourth-order valence-corrected chi connectivity index (χ4v) is 3.02. The van der Waals surface area contributed by atoms with E-state index in [9.17, 15) is 15.0 Å². The Morgan fingerprint density at radius 1 is 1.44 bits per heavy atom. The zero-order valence-electron chi connectivity index (χ0n) is 10.7. The van der Waals surface area contributed by atoms with E-state index >= 15 is 0 Å². The molecular formula is C15H20O3. The summed E-state index contributed by atoms with van der Waals surface area (Å²) in [6.45, 7) is 2.08. The van der Waals surface area contributed by atoms with Gasteiger partial charge in [0.15, 0.2) is 0 Å². The topological polar surface area (TPSA) is 57.5 Å². The van der Waals surface area contributed by atoms with E-state index < -0.39 is 17.5 Å². The second-order valence-electron chi connectivity index (χ2n) is 5.56. The molecule has 2 rings (SSSR count). The lowest BCUT2D eigenvalue weighted by Gasteiger charge is -2.27. The number of carboxylic acid groups (broad SMARTS) is 1. The summed E-state index contributed by atoms with van der Waals surface area (Å²) < 4.78 is 0. The van der Waals surface area contributed by atoms with Gasteiger partial charge in [-0.3, -0.25) is 4.79 Å². The van der Waals surface area contributed by atoms with Crippen molar-refractivity contribution in [3.8, 4) is 0 Å². The summed E-state index contributed by atoms with van der Waals surface area (Å²) in [4.78, 5) is 11.5. The summed E-state index contributed by atoms with van der Waals surface area (Å²) in [6, 6.07) is 9.31. The maximum Gasteiger partial charge on any atom is 0.309 e. The lowest BCUT2D eigenvalue weighted by atomic mass is 9.79. The van der Waals surface area contributed by atoms with Crippen LogP contribution in [0.15, 0.2) is 30.3 Å². The third-order valence-corrected chi connectivity index (χ3v) is 4.08. The summed E-state index contributed by atoms with van der Waals surface area (Å²) >= 11 is 0. The highest BCUT2D eigenvalue weighted by molar-refractivity contribution is 5.75. The second-order valence-corrected chi connectivity index (χ2v) is 5.56. The van der Waals surface area contributed by atoms with Gasteiger partial charge in [0.05, 0.1) is 11.5 Å². The Morgan fingerprint density at radius 3 is 2.61 bits per heavy atom. The van der Waals surface area contributed by atoms with Crippen LogP contribution in [0.4, 0.5) is 0 Å². The predicted molar refractivity (Wildman–Crippen MR) is 69.1 cm³/mol. The molecule has 1 aromatic carbocycles. The molecule has 1 aliphatic carbocycles. The van der Waals surface area contributed by atoms with E-state index in [2.05, 4.69) is 6.92 Å². The molecule has 3 atom stereocenters. The maximum absolute atomic E-state index is 11.5. The Bertz CT molecular complexity index is 415. The smallest absolute Gasteiger partial charge is 0.309 e. The Labute approximate surface area is 107 Å². The summed E-state index contributed by atoms with van der Waals surface area (Å²) in [6.07, 6.45) is 1.91. The minimum absolute atomic E-state index is 0.316. The number of benzene rings is 1. The van der Waals surface area contributed by atoms with Gasteiger partial charge in [0.1, 0.15) is 0 Å². The predicted octanol–water partition coefficient (Wildman–Crippen LogP) is 3.00. The standard InChI is InChI=1S/C15H20O3/c1-11-7-8-15(9-11,14(17)18)10-13(16)12-5-3-2-4-6-12/h2-6,11,13,16H,7-10H2,1H3,(H,17,18). The van der Waals surface area contributed by atoms with E-state index in [0.29, 0.717) is 25.2 Å². The van der Waals surface area contributed by atoms with Crippen molar-refractivity contribution in [2.45, 2.75) is 38.7 Å². The number of aliphatic hydroxyl groups is 1. The molecule has 18 heavy (non-hydrogen) atoms. The van der Waals surface area contributed by atoms with Crippen LogP contribution >= 0.6 is 0 Å². The van der Waals surface area contributed by atoms with Crippen molar-refractivity contribution in [3.63, 3.8) is 0 Å². The van der Waals surface area contributed by atoms with Gasteiger partial charge in [0.25, 0.3) is 0 Å². The van der Waals surface area contributed by atoms with Crippen LogP contribution in [0.5, 0.6) is 0 Å². The van der Waals surface area contributed by atoms with Crippen LogP contribution < -0.4 is 0 Å². The van der Waals surface area contributed by atoms with Gasteiger partial charge in [0, 0.05) is 0 Å². The number of hydrogen-bond acceptors (Lipinski definition) is 2. The molecule has 0 heterocycles. The summed E-state index contributed by atoms with van der Waals surface area (Å²) in [5, 5.41) is 19.7. The average Bonchev–Trinajstić information content (AvgIpc) is 2.73. The van der Waals surface area contributed by atoms with Crippen molar-refractivity contribution in [3.05, 3.63) is 35.9 Å². The van der Waals surface area contributed by atoms with Gasteiger partial charge >= 0.3 is 5.97 Å². The minimum atomic E-state index is -0.762. The van der Waals surface area contributed by atoms with Crippen LogP contribution in [0.2, 0.25) is 0 Å². The molecule has 1 saturated carbocycles. The Kier molecular flexibility index (Phi) is 3.71. The zero-order chi connectivity index (χ0) is 13.2. The van der Waals surface area contributed by atoms with E-state index in [1.807, 2.05) is 30.3 Å². The van der Waals surface area contributed by atoms with Gasteiger partial charge in [-0.2, -0.15) is 0 Å². The molecule has 3 unspecified atom stereocenters. The van der Waals surface area contributed by atoms with Crippen molar-refractivity contribution in [1.29, 1.82) is 0 Å².